The lowest BCUT2D eigenvalue weighted by atomic mass is 9.66. The smallest absolute Gasteiger partial charge is 0.147 e. The van der Waals surface area contributed by atoms with Crippen molar-refractivity contribution in [3.63, 3.8) is 0 Å². The zero-order valence-corrected chi connectivity index (χ0v) is 36.6. The minimum absolute atomic E-state index is 0.295. The van der Waals surface area contributed by atoms with Crippen LogP contribution in [0.1, 0.15) is 42.9 Å². The van der Waals surface area contributed by atoms with Gasteiger partial charge < -0.3 is 9.64 Å². The van der Waals surface area contributed by atoms with Gasteiger partial charge in [0.15, 0.2) is 0 Å². The van der Waals surface area contributed by atoms with E-state index in [-0.39, 0.29) is 0 Å². The van der Waals surface area contributed by atoms with Gasteiger partial charge in [-0.25, -0.2) is 0 Å². The van der Waals surface area contributed by atoms with Crippen LogP contribution in [0.4, 0.5) is 17.1 Å². The summed E-state index contributed by atoms with van der Waals surface area (Å²) in [5, 5.41) is 0. The van der Waals surface area contributed by atoms with E-state index in [4.69, 9.17) is 4.74 Å². The first-order chi connectivity index (χ1) is 31.0. The van der Waals surface area contributed by atoms with Crippen LogP contribution in [0.5, 0.6) is 5.75 Å². The third-order valence-corrected chi connectivity index (χ3v) is 11.7. The summed E-state index contributed by atoms with van der Waals surface area (Å²) in [5.41, 5.74) is 16.9. The Hall–Kier alpha value is -7.38. The molecule has 0 saturated carbocycles. The van der Waals surface area contributed by atoms with Gasteiger partial charge in [0.1, 0.15) is 12.4 Å². The molecule has 1 aliphatic heterocycles. The number of hydrogen-bond donors (Lipinski definition) is 0. The highest BCUT2D eigenvalue weighted by Gasteiger charge is 2.37. The maximum atomic E-state index is 7.28. The molecular weight excluding hydrogens is 763 g/mol. The first-order valence-electron chi connectivity index (χ1n) is 21.9. The first-order valence-corrected chi connectivity index (χ1v) is 21.9. The highest BCUT2D eigenvalue weighted by molar-refractivity contribution is 5.90. The molecule has 2 heteroatoms. The number of fused-ring (bicyclic) bond motifs is 4. The molecule has 1 heterocycles. The van der Waals surface area contributed by atoms with Crippen LogP contribution in [0.3, 0.4) is 0 Å². The van der Waals surface area contributed by atoms with Crippen LogP contribution in [0.2, 0.25) is 0 Å². The topological polar surface area (TPSA) is 12.5 Å². The molecule has 2 aliphatic carbocycles. The number of ether oxygens (including phenoxy) is 1. The van der Waals surface area contributed by atoms with E-state index in [0.717, 1.165) is 87.5 Å². The van der Waals surface area contributed by atoms with E-state index in [1.165, 1.54) is 16.7 Å². The molecule has 0 bridgehead atoms. The van der Waals surface area contributed by atoms with Gasteiger partial charge in [-0.1, -0.05) is 197 Å². The van der Waals surface area contributed by atoms with Crippen molar-refractivity contribution in [3.05, 3.63) is 277 Å². The van der Waals surface area contributed by atoms with Crippen molar-refractivity contribution in [2.45, 2.75) is 39.0 Å². The Balaban J connectivity index is 1.42. The standard InChI is InChI=1S/C61H57NO/c1-6-9-11-13-24-43-61(51(28-8-3)35-10-7-2)44-25-14-12-17-30-48(5)57-46-63-60-50(33-26-39-58(57)61)34-27-40-59(60)62(52-36-20-16-21-37-52)53-41-42-55-54-38-23-22-32-49(54)31-19-15-18-29-47(4)56(55)45-53/h6,8-16,18-30,32,34-42,45H,1,3-5,7,31,33,43-44,46H2,2H3/b11-9-,19-15-,24-13-,25-14-,29-18-,35-10-,39-26-,51-28+,58-57-. The SMILES string of the molecule is C=C/C=C\C=C/CC1(C(/C=C\CC)=C/C=C)C/C=C\C=C=CC(=C)/C2=C1/C=C\Cc1cccc(N(c3ccccc3)c3ccc4c(c3)C(=C)/C=C\C=C/Cc3ccccc3-4)c1OC2. The predicted octanol–water partition coefficient (Wildman–Crippen LogP) is 16.3. The van der Waals surface area contributed by atoms with Crippen LogP contribution >= 0.6 is 0 Å². The second-order valence-electron chi connectivity index (χ2n) is 15.8. The van der Waals surface area contributed by atoms with Crippen LogP contribution < -0.4 is 9.64 Å². The average molecular weight is 820 g/mol. The Morgan fingerprint density at radius 2 is 1.56 bits per heavy atom. The summed E-state index contributed by atoms with van der Waals surface area (Å²) in [4.78, 5) is 2.32. The summed E-state index contributed by atoms with van der Waals surface area (Å²) in [6.45, 7) is 19.8. The molecule has 0 N–H and O–H groups in total. The van der Waals surface area contributed by atoms with Crippen LogP contribution in [0.25, 0.3) is 16.7 Å². The summed E-state index contributed by atoms with van der Waals surface area (Å²) in [6, 6.07) is 32.5. The third-order valence-electron chi connectivity index (χ3n) is 11.7. The molecule has 4 aromatic carbocycles. The normalized spacial score (nSPS) is 20.9. The van der Waals surface area contributed by atoms with E-state index in [0.29, 0.717) is 13.0 Å². The largest absolute Gasteiger partial charge is 0.486 e. The Labute approximate surface area is 376 Å². The highest BCUT2D eigenvalue weighted by atomic mass is 16.5. The van der Waals surface area contributed by atoms with E-state index >= 15 is 0 Å². The summed E-state index contributed by atoms with van der Waals surface area (Å²) in [6.07, 6.45) is 44.0. The molecular formula is C61H57NO. The number of benzene rings is 4. The van der Waals surface area contributed by atoms with E-state index in [1.807, 2.05) is 30.4 Å². The van der Waals surface area contributed by atoms with Gasteiger partial charge in [0.25, 0.3) is 0 Å². The zero-order valence-electron chi connectivity index (χ0n) is 36.6. The minimum atomic E-state index is -0.481. The van der Waals surface area contributed by atoms with Crippen molar-refractivity contribution in [1.82, 2.24) is 0 Å². The van der Waals surface area contributed by atoms with E-state index in [1.54, 1.807) is 6.08 Å². The van der Waals surface area contributed by atoms with Crippen LogP contribution in [-0.2, 0) is 12.8 Å². The van der Waals surface area contributed by atoms with Crippen molar-refractivity contribution < 1.29 is 4.74 Å². The molecule has 3 aliphatic rings. The summed E-state index contributed by atoms with van der Waals surface area (Å²) in [7, 11) is 0. The second-order valence-corrected chi connectivity index (χ2v) is 15.8. The molecule has 0 aromatic heterocycles. The first kappa shape index (κ1) is 43.7. The quantitative estimate of drug-likeness (QED) is 0.110. The number of para-hydroxylation sites is 2. The van der Waals surface area contributed by atoms with Gasteiger partial charge in [0, 0.05) is 27.9 Å². The molecule has 0 saturated heterocycles. The average Bonchev–Trinajstić information content (AvgIpc) is 3.40. The molecule has 7 rings (SSSR count). The summed E-state index contributed by atoms with van der Waals surface area (Å²) >= 11 is 0. The van der Waals surface area contributed by atoms with Crippen LogP contribution in [0, 0.1) is 5.41 Å². The predicted molar refractivity (Wildman–Crippen MR) is 272 cm³/mol. The Bertz CT molecular complexity index is 2710. The summed E-state index contributed by atoms with van der Waals surface area (Å²) in [5.74, 6) is 0.825. The van der Waals surface area contributed by atoms with Crippen LogP contribution in [0.15, 0.2) is 261 Å². The van der Waals surface area contributed by atoms with Crippen molar-refractivity contribution in [2.24, 2.45) is 5.41 Å². The third kappa shape index (κ3) is 10.1. The van der Waals surface area contributed by atoms with Crippen molar-refractivity contribution in [2.75, 3.05) is 11.5 Å². The monoisotopic (exact) mass is 819 g/mol. The maximum Gasteiger partial charge on any atom is 0.147 e. The molecule has 312 valence electrons. The van der Waals surface area contributed by atoms with Gasteiger partial charge >= 0.3 is 0 Å². The van der Waals surface area contributed by atoms with Crippen molar-refractivity contribution >= 4 is 22.6 Å². The number of rotatable bonds is 11. The molecule has 4 aromatic rings. The molecule has 2 nitrogen and oxygen atoms in total. The van der Waals surface area contributed by atoms with Gasteiger partial charge in [-0.15, -0.1) is 5.73 Å². The van der Waals surface area contributed by atoms with E-state index < -0.39 is 5.41 Å². The van der Waals surface area contributed by atoms with E-state index in [9.17, 15) is 0 Å². The molecule has 0 spiro atoms. The van der Waals surface area contributed by atoms with Gasteiger partial charge in [-0.05, 0) is 119 Å². The fraction of sp³-hybridized carbons (Fsp3) is 0.131. The number of anilines is 3. The van der Waals surface area contributed by atoms with Gasteiger partial charge in [0.05, 0.1) is 5.69 Å². The Morgan fingerprint density at radius 1 is 0.730 bits per heavy atom. The minimum Gasteiger partial charge on any atom is -0.486 e. The van der Waals surface area contributed by atoms with E-state index in [2.05, 4.69) is 214 Å². The fourth-order valence-corrected chi connectivity index (χ4v) is 8.65. The maximum absolute atomic E-state index is 7.28. The van der Waals surface area contributed by atoms with Crippen LogP contribution in [-0.4, -0.2) is 6.61 Å². The molecule has 0 radical (unpaired) electrons. The molecule has 63 heavy (non-hydrogen) atoms. The number of nitrogens with zero attached hydrogens (tertiary/aromatic N) is 1. The van der Waals surface area contributed by atoms with Gasteiger partial charge in [0.2, 0.25) is 0 Å². The second kappa shape index (κ2) is 21.4. The molecule has 1 atom stereocenters. The lowest BCUT2D eigenvalue weighted by Crippen LogP contribution is -2.27. The van der Waals surface area contributed by atoms with Crippen molar-refractivity contribution in [3.8, 4) is 16.9 Å². The molecule has 1 unspecified atom stereocenters. The fourth-order valence-electron chi connectivity index (χ4n) is 8.65. The lowest BCUT2D eigenvalue weighted by molar-refractivity contribution is 0.346. The van der Waals surface area contributed by atoms with Gasteiger partial charge in [-0.2, -0.15) is 0 Å². The Kier molecular flexibility index (Phi) is 14.9. The van der Waals surface area contributed by atoms with Gasteiger partial charge in [-0.3, -0.25) is 0 Å². The van der Waals surface area contributed by atoms with Crippen molar-refractivity contribution in [1.29, 1.82) is 0 Å². The molecule has 0 amide bonds. The number of hydrogen-bond acceptors (Lipinski definition) is 2. The molecule has 0 fully saturated rings. The zero-order chi connectivity index (χ0) is 43.9. The Morgan fingerprint density at radius 3 is 2.40 bits per heavy atom. The summed E-state index contributed by atoms with van der Waals surface area (Å²) < 4.78 is 7.28. The highest BCUT2D eigenvalue weighted by Crippen LogP contribution is 2.50. The number of allylic oxidation sites excluding steroid dienone is 21. The lowest BCUT2D eigenvalue weighted by Gasteiger charge is -2.38.